The van der Waals surface area contributed by atoms with Gasteiger partial charge < -0.3 is 5.11 Å². The first kappa shape index (κ1) is 11.0. The fourth-order valence-corrected chi connectivity index (χ4v) is 3.95. The first-order chi connectivity index (χ1) is 8.15. The Morgan fingerprint density at radius 1 is 1.12 bits per heavy atom. The normalized spacial score (nSPS) is 35.4. The second-order valence-electron chi connectivity index (χ2n) is 5.68. The van der Waals surface area contributed by atoms with Gasteiger partial charge >= 0.3 is 0 Å². The molecule has 0 spiro atoms. The fraction of sp³-hybridized carbons (Fsp3) is 0.500. The quantitative estimate of drug-likeness (QED) is 0.728. The summed E-state index contributed by atoms with van der Waals surface area (Å²) in [6.45, 7) is 4.37. The van der Waals surface area contributed by atoms with Crippen LogP contribution in [0.3, 0.4) is 0 Å². The van der Waals surface area contributed by atoms with Gasteiger partial charge in [0.05, 0.1) is 0 Å². The Morgan fingerprint density at radius 3 is 2.24 bits per heavy atom. The molecule has 1 heteroatoms. The van der Waals surface area contributed by atoms with Gasteiger partial charge in [-0.3, -0.25) is 0 Å². The average Bonchev–Trinajstić information content (AvgIpc) is 2.38. The Hall–Kier alpha value is -1.08. The lowest BCUT2D eigenvalue weighted by atomic mass is 9.48. The second kappa shape index (κ2) is 3.71. The van der Waals surface area contributed by atoms with Gasteiger partial charge in [-0.2, -0.15) is 0 Å². The van der Waals surface area contributed by atoms with E-state index < -0.39 is 5.60 Å². The van der Waals surface area contributed by atoms with Gasteiger partial charge in [0, 0.05) is 11.8 Å². The van der Waals surface area contributed by atoms with Crippen molar-refractivity contribution in [3.8, 4) is 0 Å². The molecule has 1 nitrogen and oxygen atoms in total. The summed E-state index contributed by atoms with van der Waals surface area (Å²) in [7, 11) is 0. The van der Waals surface area contributed by atoms with Crippen molar-refractivity contribution >= 4 is 0 Å². The molecule has 1 aromatic carbocycles. The highest BCUT2D eigenvalue weighted by atomic mass is 16.3. The molecule has 1 aromatic rings. The number of aliphatic hydroxyl groups is 1. The van der Waals surface area contributed by atoms with Gasteiger partial charge in [0.2, 0.25) is 0 Å². The van der Waals surface area contributed by atoms with Gasteiger partial charge in [0.15, 0.2) is 0 Å². The van der Waals surface area contributed by atoms with E-state index in [0.717, 1.165) is 18.4 Å². The number of allylic oxidation sites excluding steroid dienone is 1. The van der Waals surface area contributed by atoms with Crippen LogP contribution in [0.15, 0.2) is 41.5 Å². The Bertz CT molecular complexity index is 440. The van der Waals surface area contributed by atoms with Gasteiger partial charge in [0.1, 0.15) is 5.60 Å². The SMILES string of the molecule is CC(C)=C1[C@H]2CCC[C@@H]1C2(O)c1ccccc1. The lowest BCUT2D eigenvalue weighted by Crippen LogP contribution is -2.57. The zero-order valence-electron chi connectivity index (χ0n) is 10.6. The molecular formula is C16H20O. The number of hydrogen-bond donors (Lipinski definition) is 1. The third kappa shape index (κ3) is 1.35. The molecule has 0 amide bonds. The molecule has 0 heterocycles. The number of hydrogen-bond acceptors (Lipinski definition) is 1. The molecule has 2 aliphatic carbocycles. The lowest BCUT2D eigenvalue weighted by molar-refractivity contribution is -0.136. The summed E-state index contributed by atoms with van der Waals surface area (Å²) in [5.74, 6) is 0.738. The molecule has 2 fully saturated rings. The van der Waals surface area contributed by atoms with Crippen LogP contribution in [0.5, 0.6) is 0 Å². The van der Waals surface area contributed by atoms with Gasteiger partial charge in [-0.15, -0.1) is 0 Å². The molecular weight excluding hydrogens is 208 g/mol. The van der Waals surface area contributed by atoms with E-state index >= 15 is 0 Å². The standard InChI is InChI=1S/C16H20O/c1-11(2)15-13-9-6-10-14(15)16(13,17)12-7-4-3-5-8-12/h3-5,7-8,13-14,17H,6,9-10H2,1-2H3/t13-,14+,16?. The van der Waals surface area contributed by atoms with Crippen LogP contribution in [0, 0.1) is 11.8 Å². The molecule has 90 valence electrons. The summed E-state index contributed by atoms with van der Waals surface area (Å²) < 4.78 is 0. The Balaban J connectivity index is 2.04. The van der Waals surface area contributed by atoms with Crippen LogP contribution in [0.1, 0.15) is 38.7 Å². The highest BCUT2D eigenvalue weighted by Crippen LogP contribution is 2.63. The maximum absolute atomic E-state index is 11.0. The van der Waals surface area contributed by atoms with Crippen molar-refractivity contribution in [1.29, 1.82) is 0 Å². The van der Waals surface area contributed by atoms with Crippen molar-refractivity contribution in [2.45, 2.75) is 38.7 Å². The highest BCUT2D eigenvalue weighted by molar-refractivity contribution is 5.42. The maximum atomic E-state index is 11.0. The van der Waals surface area contributed by atoms with E-state index in [2.05, 4.69) is 26.0 Å². The summed E-state index contributed by atoms with van der Waals surface area (Å²) in [5, 5.41) is 11.0. The molecule has 2 saturated carbocycles. The molecule has 3 atom stereocenters. The van der Waals surface area contributed by atoms with Crippen molar-refractivity contribution in [3.05, 3.63) is 47.0 Å². The van der Waals surface area contributed by atoms with Crippen molar-refractivity contribution in [1.82, 2.24) is 0 Å². The number of fused-ring (bicyclic) bond motifs is 2. The van der Waals surface area contributed by atoms with E-state index in [9.17, 15) is 5.11 Å². The topological polar surface area (TPSA) is 20.2 Å². The van der Waals surface area contributed by atoms with Gasteiger partial charge in [0.25, 0.3) is 0 Å². The van der Waals surface area contributed by atoms with Gasteiger partial charge in [-0.25, -0.2) is 0 Å². The molecule has 0 aliphatic heterocycles. The monoisotopic (exact) mass is 228 g/mol. The third-order valence-electron chi connectivity index (χ3n) is 4.61. The van der Waals surface area contributed by atoms with Gasteiger partial charge in [-0.05, 0) is 32.3 Å². The van der Waals surface area contributed by atoms with Crippen molar-refractivity contribution in [2.75, 3.05) is 0 Å². The second-order valence-corrected chi connectivity index (χ2v) is 5.68. The average molecular weight is 228 g/mol. The molecule has 0 saturated heterocycles. The van der Waals surface area contributed by atoms with Crippen LogP contribution in [-0.4, -0.2) is 5.11 Å². The molecule has 17 heavy (non-hydrogen) atoms. The molecule has 1 unspecified atom stereocenters. The van der Waals surface area contributed by atoms with E-state index in [-0.39, 0.29) is 0 Å². The Labute approximate surface area is 103 Å². The predicted octanol–water partition coefficient (Wildman–Crippen LogP) is 3.64. The van der Waals surface area contributed by atoms with Crippen LogP contribution < -0.4 is 0 Å². The third-order valence-corrected chi connectivity index (χ3v) is 4.61. The Morgan fingerprint density at radius 2 is 1.71 bits per heavy atom. The lowest BCUT2D eigenvalue weighted by Gasteiger charge is -2.59. The fourth-order valence-electron chi connectivity index (χ4n) is 3.95. The Kier molecular flexibility index (Phi) is 2.41. The highest BCUT2D eigenvalue weighted by Gasteiger charge is 2.60. The number of benzene rings is 1. The largest absolute Gasteiger partial charge is 0.384 e. The van der Waals surface area contributed by atoms with Crippen LogP contribution in [0.2, 0.25) is 0 Å². The summed E-state index contributed by atoms with van der Waals surface area (Å²) in [6.07, 6.45) is 3.55. The van der Waals surface area contributed by atoms with Crippen molar-refractivity contribution in [2.24, 2.45) is 11.8 Å². The van der Waals surface area contributed by atoms with Crippen molar-refractivity contribution < 1.29 is 5.11 Å². The molecule has 0 radical (unpaired) electrons. The van der Waals surface area contributed by atoms with E-state index in [1.807, 2.05) is 18.2 Å². The molecule has 2 bridgehead atoms. The van der Waals surface area contributed by atoms with E-state index in [1.165, 1.54) is 17.6 Å². The van der Waals surface area contributed by atoms with Crippen LogP contribution in [0.25, 0.3) is 0 Å². The van der Waals surface area contributed by atoms with E-state index in [0.29, 0.717) is 11.8 Å². The maximum Gasteiger partial charge on any atom is 0.103 e. The van der Waals surface area contributed by atoms with Crippen LogP contribution in [-0.2, 0) is 5.60 Å². The number of rotatable bonds is 1. The zero-order valence-corrected chi connectivity index (χ0v) is 10.6. The zero-order chi connectivity index (χ0) is 12.0. The van der Waals surface area contributed by atoms with Crippen LogP contribution >= 0.6 is 0 Å². The summed E-state index contributed by atoms with van der Waals surface area (Å²) >= 11 is 0. The summed E-state index contributed by atoms with van der Waals surface area (Å²) in [5.41, 5.74) is 3.48. The minimum absolute atomic E-state index is 0.369. The predicted molar refractivity (Wildman–Crippen MR) is 69.5 cm³/mol. The first-order valence-corrected chi connectivity index (χ1v) is 6.61. The first-order valence-electron chi connectivity index (χ1n) is 6.61. The molecule has 3 rings (SSSR count). The van der Waals surface area contributed by atoms with Crippen LogP contribution in [0.4, 0.5) is 0 Å². The van der Waals surface area contributed by atoms with E-state index in [1.54, 1.807) is 0 Å². The smallest absolute Gasteiger partial charge is 0.103 e. The van der Waals surface area contributed by atoms with E-state index in [4.69, 9.17) is 0 Å². The minimum Gasteiger partial charge on any atom is -0.384 e. The molecule has 0 aromatic heterocycles. The summed E-state index contributed by atoms with van der Waals surface area (Å²) in [6, 6.07) is 10.2. The minimum atomic E-state index is -0.577. The summed E-state index contributed by atoms with van der Waals surface area (Å²) in [4.78, 5) is 0. The van der Waals surface area contributed by atoms with Crippen molar-refractivity contribution in [3.63, 3.8) is 0 Å². The van der Waals surface area contributed by atoms with Gasteiger partial charge in [-0.1, -0.05) is 47.9 Å². The molecule has 2 aliphatic rings. The molecule has 1 N–H and O–H groups in total.